The van der Waals surface area contributed by atoms with Crippen molar-refractivity contribution >= 4 is 11.6 Å². The minimum Gasteiger partial charge on any atom is -0.382 e. The molecule has 1 aromatic heterocycles. The van der Waals surface area contributed by atoms with Crippen molar-refractivity contribution in [3.63, 3.8) is 0 Å². The van der Waals surface area contributed by atoms with Gasteiger partial charge in [-0.05, 0) is 19.8 Å². The number of aromatic amines is 1. The van der Waals surface area contributed by atoms with E-state index in [4.69, 9.17) is 16.3 Å². The van der Waals surface area contributed by atoms with Crippen LogP contribution in [0.4, 0.5) is 0 Å². The number of nitrogens with zero attached hydrogens (tertiary/aromatic N) is 1. The average molecular weight is 275 g/mol. The van der Waals surface area contributed by atoms with E-state index in [0.29, 0.717) is 5.56 Å². The van der Waals surface area contributed by atoms with Gasteiger partial charge in [-0.15, -0.1) is 0 Å². The summed E-state index contributed by atoms with van der Waals surface area (Å²) < 4.78 is 6.22. The molecule has 5 nitrogen and oxygen atoms in total. The molecule has 0 radical (unpaired) electrons. The Morgan fingerprint density at radius 2 is 1.94 bits per heavy atom. The largest absolute Gasteiger partial charge is 0.382 e. The van der Waals surface area contributed by atoms with E-state index in [-0.39, 0.29) is 23.2 Å². The van der Waals surface area contributed by atoms with Crippen LogP contribution in [-0.2, 0) is 10.3 Å². The molecular weight excluding hydrogens is 256 g/mol. The van der Waals surface area contributed by atoms with E-state index in [1.165, 1.54) is 7.11 Å². The molecule has 1 N–H and O–H groups in total. The molecule has 0 aliphatic heterocycles. The fourth-order valence-electron chi connectivity index (χ4n) is 1.99. The van der Waals surface area contributed by atoms with E-state index >= 15 is 0 Å². The highest BCUT2D eigenvalue weighted by atomic mass is 35.5. The summed E-state index contributed by atoms with van der Waals surface area (Å²) in [6, 6.07) is 0. The highest BCUT2D eigenvalue weighted by Gasteiger charge is 2.27. The van der Waals surface area contributed by atoms with Gasteiger partial charge in [0.25, 0.3) is 5.56 Å². The van der Waals surface area contributed by atoms with Crippen LogP contribution in [0.3, 0.4) is 0 Å². The Morgan fingerprint density at radius 3 is 2.39 bits per heavy atom. The SMILES string of the molecule is COCC(C)(C)n1c(=O)[nH]c(Cl)c(C(C)C)c1=O. The number of hydrogen-bond acceptors (Lipinski definition) is 3. The van der Waals surface area contributed by atoms with Gasteiger partial charge in [0.1, 0.15) is 5.15 Å². The summed E-state index contributed by atoms with van der Waals surface area (Å²) in [7, 11) is 1.53. The minimum atomic E-state index is -0.729. The van der Waals surface area contributed by atoms with Crippen molar-refractivity contribution in [2.75, 3.05) is 13.7 Å². The maximum absolute atomic E-state index is 12.4. The zero-order chi connectivity index (χ0) is 14.1. The minimum absolute atomic E-state index is 0.0635. The first-order chi connectivity index (χ1) is 8.22. The second-order valence-electron chi connectivity index (χ2n) is 5.20. The van der Waals surface area contributed by atoms with Gasteiger partial charge < -0.3 is 4.74 Å². The third-order valence-electron chi connectivity index (χ3n) is 2.77. The predicted molar refractivity (Wildman–Crippen MR) is 71.6 cm³/mol. The van der Waals surface area contributed by atoms with Crippen molar-refractivity contribution in [3.05, 3.63) is 31.6 Å². The second kappa shape index (κ2) is 5.28. The van der Waals surface area contributed by atoms with Gasteiger partial charge in [-0.3, -0.25) is 14.3 Å². The normalized spacial score (nSPS) is 12.2. The molecule has 0 aromatic carbocycles. The molecule has 0 aliphatic rings. The van der Waals surface area contributed by atoms with E-state index in [9.17, 15) is 9.59 Å². The monoisotopic (exact) mass is 274 g/mol. The Labute approximate surface area is 111 Å². The van der Waals surface area contributed by atoms with Crippen LogP contribution in [0.2, 0.25) is 5.15 Å². The van der Waals surface area contributed by atoms with Crippen LogP contribution in [0.15, 0.2) is 9.59 Å². The summed E-state index contributed by atoms with van der Waals surface area (Å²) >= 11 is 5.93. The fraction of sp³-hybridized carbons (Fsp3) is 0.667. The van der Waals surface area contributed by atoms with Crippen molar-refractivity contribution in [1.29, 1.82) is 0 Å². The molecular formula is C12H19ClN2O3. The molecule has 102 valence electrons. The lowest BCUT2D eigenvalue weighted by Crippen LogP contribution is -2.49. The van der Waals surface area contributed by atoms with Crippen LogP contribution in [0, 0.1) is 0 Å². The molecule has 0 aliphatic carbocycles. The van der Waals surface area contributed by atoms with Gasteiger partial charge >= 0.3 is 5.69 Å². The summed E-state index contributed by atoms with van der Waals surface area (Å²) in [4.78, 5) is 26.8. The Kier molecular flexibility index (Phi) is 4.40. The smallest absolute Gasteiger partial charge is 0.330 e. The first-order valence-electron chi connectivity index (χ1n) is 5.76. The number of methoxy groups -OCH3 is 1. The van der Waals surface area contributed by atoms with Crippen LogP contribution >= 0.6 is 11.6 Å². The molecule has 1 heterocycles. The first kappa shape index (κ1) is 15.0. The lowest BCUT2D eigenvalue weighted by atomic mass is 10.0. The van der Waals surface area contributed by atoms with Crippen molar-refractivity contribution < 1.29 is 4.74 Å². The quantitative estimate of drug-likeness (QED) is 0.850. The molecule has 0 atom stereocenters. The summed E-state index contributed by atoms with van der Waals surface area (Å²) in [5.74, 6) is -0.0635. The first-order valence-corrected chi connectivity index (χ1v) is 6.14. The van der Waals surface area contributed by atoms with Crippen LogP contribution in [-0.4, -0.2) is 23.3 Å². The van der Waals surface area contributed by atoms with Crippen LogP contribution in [0.5, 0.6) is 0 Å². The van der Waals surface area contributed by atoms with Crippen LogP contribution in [0.1, 0.15) is 39.2 Å². The third kappa shape index (κ3) is 2.67. The van der Waals surface area contributed by atoms with Crippen molar-refractivity contribution in [3.8, 4) is 0 Å². The molecule has 0 spiro atoms. The summed E-state index contributed by atoms with van der Waals surface area (Å²) in [6.45, 7) is 7.51. The fourth-order valence-corrected chi connectivity index (χ4v) is 2.37. The van der Waals surface area contributed by atoms with Crippen molar-refractivity contribution in [1.82, 2.24) is 9.55 Å². The standard InChI is InChI=1S/C12H19ClN2O3/c1-7(2)8-9(13)14-11(17)15(10(8)16)12(3,4)6-18-5/h7H,6H2,1-5H3,(H,14,17). The number of hydrogen-bond donors (Lipinski definition) is 1. The van der Waals surface area contributed by atoms with E-state index in [2.05, 4.69) is 4.98 Å². The maximum atomic E-state index is 12.4. The maximum Gasteiger partial charge on any atom is 0.330 e. The average Bonchev–Trinajstić information content (AvgIpc) is 2.14. The Bertz CT molecular complexity index is 543. The molecule has 1 rings (SSSR count). The molecule has 0 saturated heterocycles. The van der Waals surface area contributed by atoms with E-state index in [1.54, 1.807) is 13.8 Å². The molecule has 18 heavy (non-hydrogen) atoms. The van der Waals surface area contributed by atoms with Gasteiger partial charge in [0.05, 0.1) is 17.7 Å². The topological polar surface area (TPSA) is 64.1 Å². The lowest BCUT2D eigenvalue weighted by molar-refractivity contribution is 0.104. The number of aromatic nitrogens is 2. The van der Waals surface area contributed by atoms with Crippen molar-refractivity contribution in [2.24, 2.45) is 0 Å². The van der Waals surface area contributed by atoms with Gasteiger partial charge in [0, 0.05) is 7.11 Å². The number of rotatable bonds is 4. The van der Waals surface area contributed by atoms with E-state index < -0.39 is 11.2 Å². The molecule has 0 amide bonds. The van der Waals surface area contributed by atoms with Gasteiger partial charge in [0.2, 0.25) is 0 Å². The van der Waals surface area contributed by atoms with E-state index in [0.717, 1.165) is 4.57 Å². The number of ether oxygens (including phenoxy) is 1. The molecule has 1 aromatic rings. The molecule has 0 unspecified atom stereocenters. The number of nitrogens with one attached hydrogen (secondary N) is 1. The summed E-state index contributed by atoms with van der Waals surface area (Å²) in [5.41, 5.74) is -1.19. The number of halogens is 1. The van der Waals surface area contributed by atoms with Gasteiger partial charge in [-0.2, -0.15) is 0 Å². The molecule has 0 fully saturated rings. The van der Waals surface area contributed by atoms with E-state index in [1.807, 2.05) is 13.8 Å². The number of H-pyrrole nitrogens is 1. The third-order valence-corrected chi connectivity index (χ3v) is 3.07. The second-order valence-corrected chi connectivity index (χ2v) is 5.58. The zero-order valence-corrected chi connectivity index (χ0v) is 12.1. The summed E-state index contributed by atoms with van der Waals surface area (Å²) in [6.07, 6.45) is 0. The lowest BCUT2D eigenvalue weighted by Gasteiger charge is -2.26. The Balaban J connectivity index is 3.61. The highest BCUT2D eigenvalue weighted by Crippen LogP contribution is 2.18. The predicted octanol–water partition coefficient (Wildman–Crippen LogP) is 1.69. The van der Waals surface area contributed by atoms with Crippen LogP contribution in [0.25, 0.3) is 0 Å². The van der Waals surface area contributed by atoms with Crippen LogP contribution < -0.4 is 11.2 Å². The van der Waals surface area contributed by atoms with Gasteiger partial charge in [-0.25, -0.2) is 4.79 Å². The van der Waals surface area contributed by atoms with Crippen molar-refractivity contribution in [2.45, 2.75) is 39.2 Å². The zero-order valence-electron chi connectivity index (χ0n) is 11.3. The Hall–Kier alpha value is -1.07. The Morgan fingerprint density at radius 1 is 1.39 bits per heavy atom. The van der Waals surface area contributed by atoms with Gasteiger partial charge in [-0.1, -0.05) is 25.4 Å². The molecule has 0 bridgehead atoms. The highest BCUT2D eigenvalue weighted by molar-refractivity contribution is 6.30. The summed E-state index contributed by atoms with van der Waals surface area (Å²) in [5, 5.41) is 0.115. The molecule has 6 heteroatoms. The van der Waals surface area contributed by atoms with Gasteiger partial charge in [0.15, 0.2) is 0 Å². The molecule has 0 saturated carbocycles.